The second kappa shape index (κ2) is 6.23. The van der Waals surface area contributed by atoms with Gasteiger partial charge in [-0.15, -0.1) is 0 Å². The lowest BCUT2D eigenvalue weighted by Crippen LogP contribution is -1.99. The number of nitrogen functional groups attached to an aromatic ring is 1. The second-order valence-corrected chi connectivity index (χ2v) is 4.88. The Kier molecular flexibility index (Phi) is 4.39. The Labute approximate surface area is 114 Å². The predicted octanol–water partition coefficient (Wildman–Crippen LogP) is 4.06. The molecule has 0 fully saturated rings. The average Bonchev–Trinajstić information content (AvgIpc) is 2.41. The van der Waals surface area contributed by atoms with Crippen LogP contribution in [0.3, 0.4) is 0 Å². The van der Waals surface area contributed by atoms with Gasteiger partial charge in [-0.05, 0) is 49.1 Å². The number of benzene rings is 1. The highest BCUT2D eigenvalue weighted by molar-refractivity contribution is 5.68. The Morgan fingerprint density at radius 2 is 1.95 bits per heavy atom. The van der Waals surface area contributed by atoms with Gasteiger partial charge >= 0.3 is 0 Å². The minimum atomic E-state index is 0.676. The summed E-state index contributed by atoms with van der Waals surface area (Å²) in [7, 11) is 0. The molecule has 0 aliphatic carbocycles. The summed E-state index contributed by atoms with van der Waals surface area (Å²) in [4.78, 5) is 4.31. The van der Waals surface area contributed by atoms with Gasteiger partial charge in [0.1, 0.15) is 0 Å². The van der Waals surface area contributed by atoms with Crippen LogP contribution in [0.5, 0.6) is 0 Å². The van der Waals surface area contributed by atoms with Crippen LogP contribution >= 0.6 is 0 Å². The minimum Gasteiger partial charge on any atom is -0.396 e. The van der Waals surface area contributed by atoms with Gasteiger partial charge in [0.15, 0.2) is 5.82 Å². The summed E-state index contributed by atoms with van der Waals surface area (Å²) in [6.07, 6.45) is 5.42. The van der Waals surface area contributed by atoms with Crippen LogP contribution in [-0.4, -0.2) is 4.98 Å². The molecule has 19 heavy (non-hydrogen) atoms. The molecule has 1 aromatic carbocycles. The van der Waals surface area contributed by atoms with Crippen LogP contribution in [-0.2, 0) is 6.42 Å². The van der Waals surface area contributed by atoms with Crippen molar-refractivity contribution in [3.8, 4) is 0 Å². The number of anilines is 3. The van der Waals surface area contributed by atoms with Crippen LogP contribution in [0, 0.1) is 6.92 Å². The van der Waals surface area contributed by atoms with Gasteiger partial charge in [0, 0.05) is 11.9 Å². The van der Waals surface area contributed by atoms with Gasteiger partial charge in [-0.2, -0.15) is 0 Å². The summed E-state index contributed by atoms with van der Waals surface area (Å²) >= 11 is 0. The molecule has 3 heteroatoms. The molecular formula is C16H21N3. The number of unbranched alkanes of at least 4 members (excludes halogenated alkanes) is 1. The molecule has 3 N–H and O–H groups in total. The van der Waals surface area contributed by atoms with E-state index in [0.717, 1.165) is 17.7 Å². The van der Waals surface area contributed by atoms with E-state index < -0.39 is 0 Å². The van der Waals surface area contributed by atoms with E-state index in [1.807, 2.05) is 19.2 Å². The smallest absolute Gasteiger partial charge is 0.153 e. The maximum Gasteiger partial charge on any atom is 0.153 e. The Hall–Kier alpha value is -2.03. The topological polar surface area (TPSA) is 50.9 Å². The summed E-state index contributed by atoms with van der Waals surface area (Å²) in [5.41, 5.74) is 10.1. The molecule has 1 aromatic heterocycles. The first-order valence-corrected chi connectivity index (χ1v) is 6.77. The zero-order valence-electron chi connectivity index (χ0n) is 11.6. The Morgan fingerprint density at radius 1 is 1.21 bits per heavy atom. The Balaban J connectivity index is 2.06. The predicted molar refractivity (Wildman–Crippen MR) is 81.7 cm³/mol. The van der Waals surface area contributed by atoms with E-state index in [2.05, 4.69) is 41.5 Å². The highest BCUT2D eigenvalue weighted by atomic mass is 15.0. The molecular weight excluding hydrogens is 234 g/mol. The standard InChI is InChI=1S/C16H21N3/c1-3-4-5-13-6-8-14(9-7-13)19-16-15(17)10-12(2)11-18-16/h6-11H,3-5,17H2,1-2H3,(H,18,19). The van der Waals surface area contributed by atoms with Gasteiger partial charge in [-0.3, -0.25) is 0 Å². The van der Waals surface area contributed by atoms with Crippen LogP contribution in [0.4, 0.5) is 17.2 Å². The fourth-order valence-corrected chi connectivity index (χ4v) is 1.97. The molecule has 0 saturated carbocycles. The number of rotatable bonds is 5. The first-order valence-electron chi connectivity index (χ1n) is 6.77. The van der Waals surface area contributed by atoms with Crippen molar-refractivity contribution in [3.05, 3.63) is 47.7 Å². The van der Waals surface area contributed by atoms with Crippen LogP contribution in [0.15, 0.2) is 36.5 Å². The van der Waals surface area contributed by atoms with E-state index >= 15 is 0 Å². The Bertz CT molecular complexity index is 532. The normalized spacial score (nSPS) is 10.4. The molecule has 0 radical (unpaired) electrons. The number of nitrogens with two attached hydrogens (primary N) is 1. The molecule has 0 spiro atoms. The molecule has 1 heterocycles. The number of pyridine rings is 1. The number of aromatic nitrogens is 1. The summed E-state index contributed by atoms with van der Waals surface area (Å²) in [5.74, 6) is 0.715. The summed E-state index contributed by atoms with van der Waals surface area (Å²) in [5, 5.41) is 3.25. The molecule has 0 aliphatic rings. The average molecular weight is 255 g/mol. The summed E-state index contributed by atoms with van der Waals surface area (Å²) < 4.78 is 0. The van der Waals surface area contributed by atoms with Crippen molar-refractivity contribution in [2.75, 3.05) is 11.1 Å². The van der Waals surface area contributed by atoms with Crippen LogP contribution in [0.2, 0.25) is 0 Å². The number of hydrogen-bond acceptors (Lipinski definition) is 3. The van der Waals surface area contributed by atoms with Gasteiger partial charge in [0.05, 0.1) is 5.69 Å². The molecule has 0 amide bonds. The lowest BCUT2D eigenvalue weighted by molar-refractivity contribution is 0.795. The zero-order valence-corrected chi connectivity index (χ0v) is 11.6. The molecule has 2 rings (SSSR count). The highest BCUT2D eigenvalue weighted by Crippen LogP contribution is 2.21. The summed E-state index contributed by atoms with van der Waals surface area (Å²) in [6, 6.07) is 10.4. The van der Waals surface area contributed by atoms with E-state index in [1.165, 1.54) is 18.4 Å². The molecule has 0 atom stereocenters. The van der Waals surface area contributed by atoms with Gasteiger partial charge in [-0.25, -0.2) is 4.98 Å². The summed E-state index contributed by atoms with van der Waals surface area (Å²) in [6.45, 7) is 4.19. The van der Waals surface area contributed by atoms with Crippen molar-refractivity contribution in [3.63, 3.8) is 0 Å². The van der Waals surface area contributed by atoms with Crippen molar-refractivity contribution in [1.82, 2.24) is 4.98 Å². The fraction of sp³-hybridized carbons (Fsp3) is 0.312. The van der Waals surface area contributed by atoms with Crippen LogP contribution < -0.4 is 11.1 Å². The van der Waals surface area contributed by atoms with Crippen LogP contribution in [0.1, 0.15) is 30.9 Å². The van der Waals surface area contributed by atoms with E-state index in [0.29, 0.717) is 11.5 Å². The molecule has 2 aromatic rings. The van der Waals surface area contributed by atoms with Gasteiger partial charge < -0.3 is 11.1 Å². The van der Waals surface area contributed by atoms with Crippen molar-refractivity contribution < 1.29 is 0 Å². The largest absolute Gasteiger partial charge is 0.396 e. The lowest BCUT2D eigenvalue weighted by atomic mass is 10.1. The molecule has 3 nitrogen and oxygen atoms in total. The monoisotopic (exact) mass is 255 g/mol. The number of hydrogen-bond donors (Lipinski definition) is 2. The molecule has 0 saturated heterocycles. The third kappa shape index (κ3) is 3.71. The number of nitrogens with zero attached hydrogens (tertiary/aromatic N) is 1. The van der Waals surface area contributed by atoms with E-state index in [9.17, 15) is 0 Å². The SMILES string of the molecule is CCCCc1ccc(Nc2ncc(C)cc2N)cc1. The third-order valence-electron chi connectivity index (χ3n) is 3.09. The van der Waals surface area contributed by atoms with Crippen molar-refractivity contribution >= 4 is 17.2 Å². The van der Waals surface area contributed by atoms with Crippen molar-refractivity contribution in [2.24, 2.45) is 0 Å². The highest BCUT2D eigenvalue weighted by Gasteiger charge is 2.01. The zero-order chi connectivity index (χ0) is 13.7. The number of nitrogens with one attached hydrogen (secondary N) is 1. The van der Waals surface area contributed by atoms with Gasteiger partial charge in [-0.1, -0.05) is 25.5 Å². The molecule has 0 unspecified atom stereocenters. The van der Waals surface area contributed by atoms with E-state index in [-0.39, 0.29) is 0 Å². The van der Waals surface area contributed by atoms with E-state index in [1.54, 1.807) is 0 Å². The molecule has 0 aliphatic heterocycles. The number of aryl methyl sites for hydroxylation is 2. The molecule has 100 valence electrons. The fourth-order valence-electron chi connectivity index (χ4n) is 1.97. The quantitative estimate of drug-likeness (QED) is 0.847. The van der Waals surface area contributed by atoms with Gasteiger partial charge in [0.25, 0.3) is 0 Å². The maximum absolute atomic E-state index is 5.94. The second-order valence-electron chi connectivity index (χ2n) is 4.88. The maximum atomic E-state index is 5.94. The van der Waals surface area contributed by atoms with Crippen molar-refractivity contribution in [1.29, 1.82) is 0 Å². The molecule has 0 bridgehead atoms. The first kappa shape index (κ1) is 13.4. The first-order chi connectivity index (χ1) is 9.19. The minimum absolute atomic E-state index is 0.676. The van der Waals surface area contributed by atoms with Crippen LogP contribution in [0.25, 0.3) is 0 Å². The van der Waals surface area contributed by atoms with Crippen molar-refractivity contribution in [2.45, 2.75) is 33.1 Å². The third-order valence-corrected chi connectivity index (χ3v) is 3.09. The Morgan fingerprint density at radius 3 is 2.58 bits per heavy atom. The lowest BCUT2D eigenvalue weighted by Gasteiger charge is -2.09. The van der Waals surface area contributed by atoms with Gasteiger partial charge in [0.2, 0.25) is 0 Å². The van der Waals surface area contributed by atoms with E-state index in [4.69, 9.17) is 5.73 Å².